The maximum Gasteiger partial charge on any atom is 0.326 e. The molecule has 0 aromatic carbocycles. The lowest BCUT2D eigenvalue weighted by molar-refractivity contribution is -0.193. The van der Waals surface area contributed by atoms with Gasteiger partial charge in [0.05, 0.1) is 20.3 Å². The Kier molecular flexibility index (Phi) is 4.29. The lowest BCUT2D eigenvalue weighted by atomic mass is 9.84. The first-order valence-electron chi connectivity index (χ1n) is 5.50. The molecule has 0 atom stereocenters. The predicted octanol–water partition coefficient (Wildman–Crippen LogP) is 0.434. The summed E-state index contributed by atoms with van der Waals surface area (Å²) >= 11 is 0. The summed E-state index contributed by atoms with van der Waals surface area (Å²) < 4.78 is 9.66. The summed E-state index contributed by atoms with van der Waals surface area (Å²) in [4.78, 5) is 25.3. The monoisotopic (exact) mass is 229 g/mol. The molecular weight excluding hydrogens is 210 g/mol. The first-order valence-corrected chi connectivity index (χ1v) is 5.50. The fourth-order valence-corrected chi connectivity index (χ4v) is 1.69. The minimum atomic E-state index is -1.09. The van der Waals surface area contributed by atoms with Crippen LogP contribution in [0.2, 0.25) is 0 Å². The average Bonchev–Trinajstić information content (AvgIpc) is 2.23. The molecule has 1 aliphatic rings. The number of ether oxygens (including phenoxy) is 2. The summed E-state index contributed by atoms with van der Waals surface area (Å²) in [5, 5.41) is 0. The third-order valence-corrected chi connectivity index (χ3v) is 2.88. The molecule has 1 amide bonds. The molecule has 0 unspecified atom stereocenters. The Hall–Kier alpha value is -1.10. The Morgan fingerprint density at radius 3 is 2.44 bits per heavy atom. The van der Waals surface area contributed by atoms with E-state index in [-0.39, 0.29) is 19.1 Å². The van der Waals surface area contributed by atoms with Crippen molar-refractivity contribution < 1.29 is 19.1 Å². The van der Waals surface area contributed by atoms with Gasteiger partial charge in [0.15, 0.2) is 5.41 Å². The number of hydrogen-bond acceptors (Lipinski definition) is 4. The molecule has 0 spiro atoms. The van der Waals surface area contributed by atoms with Crippen LogP contribution in [0.1, 0.15) is 19.8 Å². The van der Waals surface area contributed by atoms with E-state index >= 15 is 0 Å². The highest BCUT2D eigenvalue weighted by molar-refractivity contribution is 6.03. The van der Waals surface area contributed by atoms with E-state index in [1.807, 2.05) is 0 Å². The predicted molar refractivity (Wildman–Crippen MR) is 57.8 cm³/mol. The van der Waals surface area contributed by atoms with Gasteiger partial charge in [-0.3, -0.25) is 9.59 Å². The van der Waals surface area contributed by atoms with E-state index in [1.165, 1.54) is 7.11 Å². The van der Waals surface area contributed by atoms with Crippen molar-refractivity contribution in [3.05, 3.63) is 0 Å². The highest BCUT2D eigenvalue weighted by Gasteiger charge is 2.55. The van der Waals surface area contributed by atoms with E-state index in [2.05, 4.69) is 11.7 Å². The molecule has 0 aromatic heterocycles. The van der Waals surface area contributed by atoms with Gasteiger partial charge in [0.2, 0.25) is 5.91 Å². The Labute approximate surface area is 95.7 Å². The van der Waals surface area contributed by atoms with Gasteiger partial charge in [0, 0.05) is 13.6 Å². The minimum Gasteiger partial charge on any atom is -0.468 e. The molecule has 1 saturated heterocycles. The van der Waals surface area contributed by atoms with Crippen LogP contribution >= 0.6 is 0 Å². The van der Waals surface area contributed by atoms with Gasteiger partial charge >= 0.3 is 5.97 Å². The molecule has 0 N–H and O–H groups in total. The molecule has 1 fully saturated rings. The Morgan fingerprint density at radius 1 is 1.44 bits per heavy atom. The lowest BCUT2D eigenvalue weighted by Gasteiger charge is -2.39. The van der Waals surface area contributed by atoms with Crippen LogP contribution in [0.25, 0.3) is 0 Å². The number of rotatable bonds is 5. The fourth-order valence-electron chi connectivity index (χ4n) is 1.69. The Bertz CT molecular complexity index is 273. The molecule has 1 rings (SSSR count). The highest BCUT2D eigenvalue weighted by Crippen LogP contribution is 2.31. The zero-order chi connectivity index (χ0) is 12.2. The average molecular weight is 229 g/mol. The number of esters is 1. The van der Waals surface area contributed by atoms with Crippen molar-refractivity contribution in [2.75, 3.05) is 33.9 Å². The Morgan fingerprint density at radius 2 is 2.06 bits per heavy atom. The third-order valence-electron chi connectivity index (χ3n) is 2.88. The molecule has 5 nitrogen and oxygen atoms in total. The second-order valence-electron chi connectivity index (χ2n) is 4.15. The second-order valence-corrected chi connectivity index (χ2v) is 4.15. The normalized spacial score (nSPS) is 17.4. The van der Waals surface area contributed by atoms with E-state index in [1.54, 1.807) is 11.9 Å². The maximum atomic E-state index is 12.1. The third kappa shape index (κ3) is 2.19. The molecule has 0 bridgehead atoms. The molecule has 1 aliphatic heterocycles. The van der Waals surface area contributed by atoms with E-state index in [4.69, 9.17) is 4.74 Å². The molecule has 92 valence electrons. The molecule has 1 heterocycles. The number of nitrogens with zero attached hydrogens (tertiary/aromatic N) is 1. The van der Waals surface area contributed by atoms with Gasteiger partial charge in [-0.2, -0.15) is 0 Å². The van der Waals surface area contributed by atoms with Crippen LogP contribution in [0.3, 0.4) is 0 Å². The number of carbonyl (C=O) groups is 2. The lowest BCUT2D eigenvalue weighted by Crippen LogP contribution is -2.59. The van der Waals surface area contributed by atoms with E-state index in [0.717, 1.165) is 12.8 Å². The molecule has 0 aromatic rings. The molecular formula is C11H19NO4. The summed E-state index contributed by atoms with van der Waals surface area (Å²) in [6, 6.07) is 0. The van der Waals surface area contributed by atoms with Crippen molar-refractivity contribution in [3.8, 4) is 0 Å². The van der Waals surface area contributed by atoms with Crippen molar-refractivity contribution >= 4 is 11.9 Å². The Balaban J connectivity index is 2.66. The number of amides is 1. The molecule has 0 aliphatic carbocycles. The SMILES string of the molecule is CCCCN(C)C(=O)C1(C(=O)OC)COC1. The van der Waals surface area contributed by atoms with Gasteiger partial charge in [0.25, 0.3) is 0 Å². The van der Waals surface area contributed by atoms with Crippen LogP contribution in [-0.2, 0) is 19.1 Å². The van der Waals surface area contributed by atoms with Crippen molar-refractivity contribution in [1.82, 2.24) is 4.90 Å². The molecule has 0 radical (unpaired) electrons. The van der Waals surface area contributed by atoms with Crippen LogP contribution < -0.4 is 0 Å². The maximum absolute atomic E-state index is 12.1. The number of hydrogen-bond donors (Lipinski definition) is 0. The topological polar surface area (TPSA) is 55.8 Å². The van der Waals surface area contributed by atoms with Gasteiger partial charge in [-0.1, -0.05) is 13.3 Å². The summed E-state index contributed by atoms with van der Waals surface area (Å²) in [6.07, 6.45) is 1.94. The van der Waals surface area contributed by atoms with Gasteiger partial charge < -0.3 is 14.4 Å². The van der Waals surface area contributed by atoms with Crippen LogP contribution in [0.5, 0.6) is 0 Å². The summed E-state index contributed by atoms with van der Waals surface area (Å²) in [6.45, 7) is 2.98. The number of methoxy groups -OCH3 is 1. The summed E-state index contributed by atoms with van der Waals surface area (Å²) in [5.41, 5.74) is -1.09. The number of carbonyl (C=O) groups excluding carboxylic acids is 2. The summed E-state index contributed by atoms with van der Waals surface area (Å²) in [7, 11) is 3.00. The zero-order valence-electron chi connectivity index (χ0n) is 10.1. The standard InChI is InChI=1S/C11H19NO4/c1-4-5-6-12(2)9(13)11(7-16-8-11)10(14)15-3/h4-8H2,1-3H3. The van der Waals surface area contributed by atoms with Crippen molar-refractivity contribution in [2.24, 2.45) is 5.41 Å². The fraction of sp³-hybridized carbons (Fsp3) is 0.818. The molecule has 5 heteroatoms. The first-order chi connectivity index (χ1) is 7.58. The van der Waals surface area contributed by atoms with Crippen molar-refractivity contribution in [3.63, 3.8) is 0 Å². The van der Waals surface area contributed by atoms with Crippen molar-refractivity contribution in [1.29, 1.82) is 0 Å². The largest absolute Gasteiger partial charge is 0.468 e. The van der Waals surface area contributed by atoms with Gasteiger partial charge in [-0.05, 0) is 6.42 Å². The van der Waals surface area contributed by atoms with Crippen LogP contribution in [-0.4, -0.2) is 50.7 Å². The minimum absolute atomic E-state index is 0.134. The van der Waals surface area contributed by atoms with Gasteiger partial charge in [0.1, 0.15) is 0 Å². The van der Waals surface area contributed by atoms with Gasteiger partial charge in [-0.15, -0.1) is 0 Å². The second kappa shape index (κ2) is 5.30. The molecule has 16 heavy (non-hydrogen) atoms. The van der Waals surface area contributed by atoms with Crippen LogP contribution in [0, 0.1) is 5.41 Å². The van der Waals surface area contributed by atoms with E-state index in [9.17, 15) is 9.59 Å². The first kappa shape index (κ1) is 13.0. The van der Waals surface area contributed by atoms with E-state index in [0.29, 0.717) is 6.54 Å². The highest BCUT2D eigenvalue weighted by atomic mass is 16.5. The summed E-state index contributed by atoms with van der Waals surface area (Å²) in [5.74, 6) is -0.689. The van der Waals surface area contributed by atoms with Crippen LogP contribution in [0.15, 0.2) is 0 Å². The van der Waals surface area contributed by atoms with E-state index < -0.39 is 11.4 Å². The van der Waals surface area contributed by atoms with Crippen LogP contribution in [0.4, 0.5) is 0 Å². The quantitative estimate of drug-likeness (QED) is 0.507. The smallest absolute Gasteiger partial charge is 0.326 e. The van der Waals surface area contributed by atoms with Gasteiger partial charge in [-0.25, -0.2) is 0 Å². The zero-order valence-corrected chi connectivity index (χ0v) is 10.1. The molecule has 0 saturated carbocycles. The number of unbranched alkanes of at least 4 members (excludes halogenated alkanes) is 1. The van der Waals surface area contributed by atoms with Crippen molar-refractivity contribution in [2.45, 2.75) is 19.8 Å².